The zero-order valence-corrected chi connectivity index (χ0v) is 8.71. The SMILES string of the molecule is CCOC(=O)C[C@@H](NO)c1cccs1. The van der Waals surface area contributed by atoms with Gasteiger partial charge in [-0.15, -0.1) is 11.3 Å². The van der Waals surface area contributed by atoms with Crippen LogP contribution in [0.5, 0.6) is 0 Å². The molecule has 0 aliphatic heterocycles. The highest BCUT2D eigenvalue weighted by Gasteiger charge is 2.16. The summed E-state index contributed by atoms with van der Waals surface area (Å²) in [6.45, 7) is 2.12. The summed E-state index contributed by atoms with van der Waals surface area (Å²) in [7, 11) is 0. The summed E-state index contributed by atoms with van der Waals surface area (Å²) < 4.78 is 4.79. The zero-order chi connectivity index (χ0) is 10.4. The van der Waals surface area contributed by atoms with Crippen molar-refractivity contribution in [3.05, 3.63) is 22.4 Å². The minimum absolute atomic E-state index is 0.144. The minimum Gasteiger partial charge on any atom is -0.466 e. The molecule has 1 heterocycles. The smallest absolute Gasteiger partial charge is 0.307 e. The van der Waals surface area contributed by atoms with Gasteiger partial charge < -0.3 is 9.94 Å². The average molecular weight is 215 g/mol. The molecule has 0 spiro atoms. The van der Waals surface area contributed by atoms with Gasteiger partial charge in [0.1, 0.15) is 0 Å². The maximum Gasteiger partial charge on any atom is 0.307 e. The monoisotopic (exact) mass is 215 g/mol. The fraction of sp³-hybridized carbons (Fsp3) is 0.444. The molecule has 14 heavy (non-hydrogen) atoms. The first-order valence-electron chi connectivity index (χ1n) is 4.36. The topological polar surface area (TPSA) is 58.6 Å². The quantitative estimate of drug-likeness (QED) is 0.580. The molecule has 0 fully saturated rings. The van der Waals surface area contributed by atoms with Gasteiger partial charge in [-0.3, -0.25) is 4.79 Å². The molecule has 0 radical (unpaired) electrons. The van der Waals surface area contributed by atoms with Crippen molar-refractivity contribution in [2.75, 3.05) is 6.61 Å². The normalized spacial score (nSPS) is 12.4. The van der Waals surface area contributed by atoms with Crippen LogP contribution in [-0.4, -0.2) is 17.8 Å². The van der Waals surface area contributed by atoms with E-state index in [2.05, 4.69) is 5.48 Å². The molecule has 1 aromatic rings. The molecule has 0 aliphatic carbocycles. The molecule has 2 N–H and O–H groups in total. The van der Waals surface area contributed by atoms with E-state index in [1.165, 1.54) is 11.3 Å². The molecular weight excluding hydrogens is 202 g/mol. The molecule has 1 aromatic heterocycles. The van der Waals surface area contributed by atoms with Gasteiger partial charge in [-0.05, 0) is 18.4 Å². The Labute approximate surface area is 86.5 Å². The second kappa shape index (κ2) is 5.74. The van der Waals surface area contributed by atoms with Crippen LogP contribution in [-0.2, 0) is 9.53 Å². The summed E-state index contributed by atoms with van der Waals surface area (Å²) in [5.41, 5.74) is 2.10. The number of carbonyl (C=O) groups is 1. The lowest BCUT2D eigenvalue weighted by atomic mass is 10.2. The van der Waals surface area contributed by atoms with Crippen molar-refractivity contribution in [1.29, 1.82) is 0 Å². The van der Waals surface area contributed by atoms with Gasteiger partial charge in [-0.25, -0.2) is 0 Å². The second-order valence-electron chi connectivity index (χ2n) is 2.71. The molecule has 0 bridgehead atoms. The lowest BCUT2D eigenvalue weighted by Crippen LogP contribution is -2.20. The van der Waals surface area contributed by atoms with Gasteiger partial charge in [0.05, 0.1) is 19.1 Å². The summed E-state index contributed by atoms with van der Waals surface area (Å²) in [5, 5.41) is 10.8. The van der Waals surface area contributed by atoms with Crippen molar-refractivity contribution in [2.24, 2.45) is 0 Å². The number of hydrogen-bond acceptors (Lipinski definition) is 5. The molecule has 4 nitrogen and oxygen atoms in total. The average Bonchev–Trinajstić information content (AvgIpc) is 2.67. The number of hydroxylamine groups is 1. The molecule has 0 saturated carbocycles. The fourth-order valence-corrected chi connectivity index (χ4v) is 1.86. The number of nitrogens with one attached hydrogen (secondary N) is 1. The lowest BCUT2D eigenvalue weighted by molar-refractivity contribution is -0.144. The molecule has 1 rings (SSSR count). The van der Waals surface area contributed by atoms with E-state index in [1.54, 1.807) is 6.92 Å². The van der Waals surface area contributed by atoms with Gasteiger partial charge in [0, 0.05) is 4.88 Å². The van der Waals surface area contributed by atoms with E-state index in [0.717, 1.165) is 4.88 Å². The predicted molar refractivity (Wildman–Crippen MR) is 53.2 cm³/mol. The van der Waals surface area contributed by atoms with Crippen LogP contribution in [0.25, 0.3) is 0 Å². The van der Waals surface area contributed by atoms with Crippen LogP contribution in [0.2, 0.25) is 0 Å². The molecule has 1 atom stereocenters. The summed E-state index contributed by atoms with van der Waals surface area (Å²) >= 11 is 1.49. The van der Waals surface area contributed by atoms with Crippen LogP contribution in [0.3, 0.4) is 0 Å². The Bertz CT molecular complexity index is 274. The van der Waals surface area contributed by atoms with Gasteiger partial charge in [0.15, 0.2) is 0 Å². The molecule has 0 saturated heterocycles. The molecule has 0 aromatic carbocycles. The maximum absolute atomic E-state index is 11.1. The summed E-state index contributed by atoms with van der Waals surface area (Å²) in [4.78, 5) is 12.1. The Morgan fingerprint density at radius 2 is 2.57 bits per heavy atom. The number of esters is 1. The Hall–Kier alpha value is -0.910. The Kier molecular flexibility index (Phi) is 4.58. The Morgan fingerprint density at radius 3 is 3.07 bits per heavy atom. The van der Waals surface area contributed by atoms with Crippen molar-refractivity contribution in [1.82, 2.24) is 5.48 Å². The van der Waals surface area contributed by atoms with Crippen LogP contribution in [0.4, 0.5) is 0 Å². The van der Waals surface area contributed by atoms with Crippen molar-refractivity contribution in [3.63, 3.8) is 0 Å². The van der Waals surface area contributed by atoms with Crippen LogP contribution < -0.4 is 5.48 Å². The van der Waals surface area contributed by atoms with E-state index in [9.17, 15) is 4.79 Å². The van der Waals surface area contributed by atoms with E-state index in [-0.39, 0.29) is 18.4 Å². The molecule has 78 valence electrons. The van der Waals surface area contributed by atoms with Crippen molar-refractivity contribution in [2.45, 2.75) is 19.4 Å². The van der Waals surface area contributed by atoms with Crippen LogP contribution in [0.1, 0.15) is 24.3 Å². The first-order chi connectivity index (χ1) is 6.77. The molecule has 0 aliphatic rings. The van der Waals surface area contributed by atoms with E-state index in [0.29, 0.717) is 6.61 Å². The third kappa shape index (κ3) is 3.10. The third-order valence-electron chi connectivity index (χ3n) is 1.72. The molecule has 0 amide bonds. The molecule has 5 heteroatoms. The van der Waals surface area contributed by atoms with E-state index in [1.807, 2.05) is 17.5 Å². The highest BCUT2D eigenvalue weighted by molar-refractivity contribution is 7.10. The highest BCUT2D eigenvalue weighted by Crippen LogP contribution is 2.21. The maximum atomic E-state index is 11.1. The first-order valence-corrected chi connectivity index (χ1v) is 5.24. The molecule has 0 unspecified atom stereocenters. The van der Waals surface area contributed by atoms with Gasteiger partial charge in [-0.1, -0.05) is 6.07 Å². The van der Waals surface area contributed by atoms with Crippen LogP contribution in [0, 0.1) is 0 Å². The van der Waals surface area contributed by atoms with Crippen LogP contribution >= 0.6 is 11.3 Å². The number of carbonyl (C=O) groups excluding carboxylic acids is 1. The van der Waals surface area contributed by atoms with Crippen molar-refractivity contribution >= 4 is 17.3 Å². The van der Waals surface area contributed by atoms with E-state index >= 15 is 0 Å². The standard InChI is InChI=1S/C9H13NO3S/c1-2-13-9(11)6-7(10-12)8-4-3-5-14-8/h3-5,7,10,12H,2,6H2,1H3/t7-/m1/s1. The molecular formula is C9H13NO3S. The zero-order valence-electron chi connectivity index (χ0n) is 7.90. The number of hydrogen-bond donors (Lipinski definition) is 2. The second-order valence-corrected chi connectivity index (χ2v) is 3.69. The van der Waals surface area contributed by atoms with Gasteiger partial charge in [-0.2, -0.15) is 5.48 Å². The summed E-state index contributed by atoms with van der Waals surface area (Å²) in [6.07, 6.45) is 0.144. The largest absolute Gasteiger partial charge is 0.466 e. The number of thiophene rings is 1. The van der Waals surface area contributed by atoms with Gasteiger partial charge >= 0.3 is 5.97 Å². The predicted octanol–water partition coefficient (Wildman–Crippen LogP) is 1.72. The van der Waals surface area contributed by atoms with Crippen LogP contribution in [0.15, 0.2) is 17.5 Å². The van der Waals surface area contributed by atoms with E-state index < -0.39 is 0 Å². The third-order valence-corrected chi connectivity index (χ3v) is 2.70. The van der Waals surface area contributed by atoms with Crippen molar-refractivity contribution < 1.29 is 14.7 Å². The highest BCUT2D eigenvalue weighted by atomic mass is 32.1. The number of ether oxygens (including phenoxy) is 1. The Morgan fingerprint density at radius 1 is 1.79 bits per heavy atom. The summed E-state index contributed by atoms with van der Waals surface area (Å²) in [5.74, 6) is -0.313. The van der Waals surface area contributed by atoms with Gasteiger partial charge in [0.25, 0.3) is 0 Å². The van der Waals surface area contributed by atoms with Crippen molar-refractivity contribution in [3.8, 4) is 0 Å². The summed E-state index contributed by atoms with van der Waals surface area (Å²) in [6, 6.07) is 3.36. The minimum atomic E-state index is -0.367. The van der Waals surface area contributed by atoms with E-state index in [4.69, 9.17) is 9.94 Å². The van der Waals surface area contributed by atoms with Gasteiger partial charge in [0.2, 0.25) is 0 Å². The first kappa shape index (κ1) is 11.2. The lowest BCUT2D eigenvalue weighted by Gasteiger charge is -2.11. The Balaban J connectivity index is 2.51. The fourth-order valence-electron chi connectivity index (χ4n) is 1.09. The number of rotatable bonds is 5.